The lowest BCUT2D eigenvalue weighted by Gasteiger charge is -2.21. The molecular formula is C20H20N4O4S. The molecule has 1 aliphatic heterocycles. The Kier molecular flexibility index (Phi) is 6.85. The van der Waals surface area contributed by atoms with Crippen molar-refractivity contribution in [2.24, 2.45) is 10.2 Å². The summed E-state index contributed by atoms with van der Waals surface area (Å²) in [6, 6.07) is 14.3. The number of methoxy groups -OCH3 is 2. The van der Waals surface area contributed by atoms with Crippen molar-refractivity contribution in [1.29, 1.82) is 0 Å². The van der Waals surface area contributed by atoms with E-state index < -0.39 is 5.25 Å². The van der Waals surface area contributed by atoms with Crippen LogP contribution in [0.15, 0.2) is 58.7 Å². The van der Waals surface area contributed by atoms with E-state index in [0.717, 1.165) is 23.1 Å². The number of carbonyl (C=O) groups excluding carboxylic acids is 2. The summed E-state index contributed by atoms with van der Waals surface area (Å²) < 4.78 is 10.2. The lowest BCUT2D eigenvalue weighted by Crippen LogP contribution is -2.41. The molecule has 1 heterocycles. The SMILES string of the molecule is COc1ccc(/C=N\N=C2NC(=O)C[C@H](C(=O)Nc3cccc(OC)c3)S2)cc1. The van der Waals surface area contributed by atoms with Crippen molar-refractivity contribution in [2.75, 3.05) is 19.5 Å². The normalized spacial score (nSPS) is 17.8. The highest BCUT2D eigenvalue weighted by Gasteiger charge is 2.30. The highest BCUT2D eigenvalue weighted by atomic mass is 32.2. The molecule has 1 aliphatic rings. The molecule has 1 saturated heterocycles. The van der Waals surface area contributed by atoms with Crippen molar-refractivity contribution in [3.8, 4) is 11.5 Å². The number of amides is 2. The van der Waals surface area contributed by atoms with E-state index in [0.29, 0.717) is 11.4 Å². The van der Waals surface area contributed by atoms with Gasteiger partial charge in [0, 0.05) is 18.2 Å². The van der Waals surface area contributed by atoms with Crippen LogP contribution >= 0.6 is 11.8 Å². The molecule has 0 bridgehead atoms. The molecule has 2 aromatic carbocycles. The highest BCUT2D eigenvalue weighted by molar-refractivity contribution is 8.15. The molecular weight excluding hydrogens is 392 g/mol. The van der Waals surface area contributed by atoms with Gasteiger partial charge in [-0.2, -0.15) is 5.10 Å². The minimum atomic E-state index is -0.607. The number of anilines is 1. The summed E-state index contributed by atoms with van der Waals surface area (Å²) in [6.45, 7) is 0. The number of carbonyl (C=O) groups is 2. The summed E-state index contributed by atoms with van der Waals surface area (Å²) >= 11 is 1.15. The first-order valence-corrected chi connectivity index (χ1v) is 9.62. The second-order valence-corrected chi connectivity index (χ2v) is 7.19. The van der Waals surface area contributed by atoms with Gasteiger partial charge in [0.05, 0.1) is 20.4 Å². The molecule has 1 fully saturated rings. The number of hydrogen-bond donors (Lipinski definition) is 2. The van der Waals surface area contributed by atoms with Crippen molar-refractivity contribution in [2.45, 2.75) is 11.7 Å². The molecule has 29 heavy (non-hydrogen) atoms. The van der Waals surface area contributed by atoms with E-state index in [2.05, 4.69) is 20.8 Å². The third kappa shape index (κ3) is 5.82. The van der Waals surface area contributed by atoms with Crippen LogP contribution in [0.2, 0.25) is 0 Å². The molecule has 2 N–H and O–H groups in total. The minimum Gasteiger partial charge on any atom is -0.497 e. The zero-order valence-corrected chi connectivity index (χ0v) is 16.7. The van der Waals surface area contributed by atoms with Gasteiger partial charge in [0.15, 0.2) is 5.17 Å². The molecule has 0 saturated carbocycles. The maximum Gasteiger partial charge on any atom is 0.238 e. The molecule has 0 spiro atoms. The second kappa shape index (κ2) is 9.74. The minimum absolute atomic E-state index is 0.0572. The van der Waals surface area contributed by atoms with Gasteiger partial charge in [-0.3, -0.25) is 9.59 Å². The van der Waals surface area contributed by atoms with Gasteiger partial charge in [-0.1, -0.05) is 17.8 Å². The van der Waals surface area contributed by atoms with Crippen LogP contribution in [-0.4, -0.2) is 42.7 Å². The number of amidine groups is 1. The van der Waals surface area contributed by atoms with Crippen LogP contribution in [0.3, 0.4) is 0 Å². The van der Waals surface area contributed by atoms with E-state index in [-0.39, 0.29) is 23.4 Å². The van der Waals surface area contributed by atoms with Crippen molar-refractivity contribution >= 4 is 40.6 Å². The van der Waals surface area contributed by atoms with Crippen LogP contribution < -0.4 is 20.1 Å². The van der Waals surface area contributed by atoms with Crippen molar-refractivity contribution in [1.82, 2.24) is 5.32 Å². The Balaban J connectivity index is 1.64. The molecule has 1 atom stereocenters. The Morgan fingerprint density at radius 3 is 2.66 bits per heavy atom. The van der Waals surface area contributed by atoms with Crippen LogP contribution in [0.1, 0.15) is 12.0 Å². The maximum absolute atomic E-state index is 12.6. The van der Waals surface area contributed by atoms with Gasteiger partial charge in [0.25, 0.3) is 0 Å². The van der Waals surface area contributed by atoms with Gasteiger partial charge in [0.1, 0.15) is 16.7 Å². The van der Waals surface area contributed by atoms with Gasteiger partial charge in [0.2, 0.25) is 11.8 Å². The fraction of sp³-hybridized carbons (Fsp3) is 0.200. The smallest absolute Gasteiger partial charge is 0.238 e. The summed E-state index contributed by atoms with van der Waals surface area (Å²) in [4.78, 5) is 24.5. The van der Waals surface area contributed by atoms with E-state index in [1.165, 1.54) is 0 Å². The van der Waals surface area contributed by atoms with Gasteiger partial charge in [-0.15, -0.1) is 5.10 Å². The second-order valence-electron chi connectivity index (χ2n) is 6.00. The number of rotatable bonds is 6. The Hall–Kier alpha value is -3.33. The fourth-order valence-electron chi connectivity index (χ4n) is 2.50. The topological polar surface area (TPSA) is 101 Å². The number of thioether (sulfide) groups is 1. The van der Waals surface area contributed by atoms with Crippen molar-refractivity contribution in [3.05, 3.63) is 54.1 Å². The van der Waals surface area contributed by atoms with E-state index in [9.17, 15) is 9.59 Å². The first-order valence-electron chi connectivity index (χ1n) is 8.74. The summed E-state index contributed by atoms with van der Waals surface area (Å²) in [5.74, 6) is 0.804. The predicted octanol–water partition coefficient (Wildman–Crippen LogP) is 2.65. The Labute approximate surface area is 172 Å². The highest BCUT2D eigenvalue weighted by Crippen LogP contribution is 2.24. The lowest BCUT2D eigenvalue weighted by molar-refractivity contribution is -0.123. The van der Waals surface area contributed by atoms with Crippen LogP contribution in [0.4, 0.5) is 5.69 Å². The monoisotopic (exact) mass is 412 g/mol. The summed E-state index contributed by atoms with van der Waals surface area (Å²) in [5.41, 5.74) is 1.42. The fourth-order valence-corrected chi connectivity index (χ4v) is 3.44. The largest absolute Gasteiger partial charge is 0.497 e. The van der Waals surface area contributed by atoms with Crippen LogP contribution in [-0.2, 0) is 9.59 Å². The van der Waals surface area contributed by atoms with Crippen molar-refractivity contribution < 1.29 is 19.1 Å². The van der Waals surface area contributed by atoms with Crippen LogP contribution in [0.5, 0.6) is 11.5 Å². The number of nitrogens with zero attached hydrogens (tertiary/aromatic N) is 2. The first-order chi connectivity index (χ1) is 14.1. The summed E-state index contributed by atoms with van der Waals surface area (Å²) in [5, 5.41) is 13.1. The van der Waals surface area contributed by atoms with Gasteiger partial charge in [-0.25, -0.2) is 0 Å². The van der Waals surface area contributed by atoms with E-state index >= 15 is 0 Å². The van der Waals surface area contributed by atoms with Crippen LogP contribution in [0, 0.1) is 0 Å². The predicted molar refractivity (Wildman–Crippen MR) is 114 cm³/mol. The molecule has 3 rings (SSSR count). The Morgan fingerprint density at radius 1 is 1.17 bits per heavy atom. The average Bonchev–Trinajstić information content (AvgIpc) is 2.74. The van der Waals surface area contributed by atoms with Crippen molar-refractivity contribution in [3.63, 3.8) is 0 Å². The van der Waals surface area contributed by atoms with E-state index in [4.69, 9.17) is 9.47 Å². The number of benzene rings is 2. The third-order valence-electron chi connectivity index (χ3n) is 3.97. The Morgan fingerprint density at radius 2 is 1.93 bits per heavy atom. The molecule has 2 aromatic rings. The zero-order chi connectivity index (χ0) is 20.6. The number of ether oxygens (including phenoxy) is 2. The standard InChI is InChI=1S/C20H20N4O4S/c1-27-15-8-6-13(7-9-15)12-21-24-20-23-18(25)11-17(29-20)19(26)22-14-4-3-5-16(10-14)28-2/h3-10,12,17H,11H2,1-2H3,(H,22,26)(H,23,24,25)/b21-12-/t17-/m1/s1. The zero-order valence-electron chi connectivity index (χ0n) is 15.9. The molecule has 8 nitrogen and oxygen atoms in total. The van der Waals surface area contributed by atoms with Crippen LogP contribution in [0.25, 0.3) is 0 Å². The first kappa shape index (κ1) is 20.4. The van der Waals surface area contributed by atoms with Gasteiger partial charge >= 0.3 is 0 Å². The molecule has 2 amide bonds. The average molecular weight is 412 g/mol. The Bertz CT molecular complexity index is 944. The summed E-state index contributed by atoms with van der Waals surface area (Å²) in [7, 11) is 3.15. The third-order valence-corrected chi connectivity index (χ3v) is 5.04. The number of nitrogens with one attached hydrogen (secondary N) is 2. The number of hydrogen-bond acceptors (Lipinski definition) is 7. The van der Waals surface area contributed by atoms with Gasteiger partial charge in [-0.05, 0) is 42.0 Å². The molecule has 0 radical (unpaired) electrons. The van der Waals surface area contributed by atoms with Gasteiger partial charge < -0.3 is 20.1 Å². The summed E-state index contributed by atoms with van der Waals surface area (Å²) in [6.07, 6.45) is 1.61. The van der Waals surface area contributed by atoms with E-state index in [1.54, 1.807) is 44.7 Å². The molecule has 0 aromatic heterocycles. The molecule has 0 unspecified atom stereocenters. The maximum atomic E-state index is 12.6. The molecule has 150 valence electrons. The molecule has 9 heteroatoms. The van der Waals surface area contributed by atoms with E-state index in [1.807, 2.05) is 24.3 Å². The molecule has 0 aliphatic carbocycles. The quantitative estimate of drug-likeness (QED) is 0.561. The lowest BCUT2D eigenvalue weighted by atomic mass is 10.2.